The maximum Gasteiger partial charge on any atom is 0.146 e. The van der Waals surface area contributed by atoms with Crippen LogP contribution in [0, 0.1) is 5.92 Å². The fourth-order valence-electron chi connectivity index (χ4n) is 2.30. The maximum absolute atomic E-state index is 6.22. The van der Waals surface area contributed by atoms with Crippen molar-refractivity contribution >= 4 is 0 Å². The van der Waals surface area contributed by atoms with Gasteiger partial charge in [0.1, 0.15) is 6.79 Å². The Labute approximate surface area is 92.6 Å². The Hall–Kier alpha value is -0.380. The van der Waals surface area contributed by atoms with Gasteiger partial charge in [0.05, 0.1) is 6.10 Å². The van der Waals surface area contributed by atoms with E-state index in [0.29, 0.717) is 12.7 Å². The van der Waals surface area contributed by atoms with Gasteiger partial charge >= 0.3 is 0 Å². The van der Waals surface area contributed by atoms with Gasteiger partial charge in [0.2, 0.25) is 0 Å². The summed E-state index contributed by atoms with van der Waals surface area (Å²) in [4.78, 5) is 0. The van der Waals surface area contributed by atoms with Crippen molar-refractivity contribution in [3.05, 3.63) is 12.7 Å². The highest BCUT2D eigenvalue weighted by atomic mass is 16.7. The van der Waals surface area contributed by atoms with Gasteiger partial charge < -0.3 is 15.2 Å². The average Bonchev–Trinajstić information content (AvgIpc) is 2.76. The summed E-state index contributed by atoms with van der Waals surface area (Å²) in [6, 6.07) is 0.126. The van der Waals surface area contributed by atoms with E-state index < -0.39 is 0 Å². The van der Waals surface area contributed by atoms with E-state index in [1.165, 1.54) is 25.7 Å². The first kappa shape index (κ1) is 12.7. The first-order valence-electron chi connectivity index (χ1n) is 5.76. The van der Waals surface area contributed by atoms with Gasteiger partial charge in [-0.2, -0.15) is 0 Å². The van der Waals surface area contributed by atoms with E-state index in [9.17, 15) is 0 Å². The van der Waals surface area contributed by atoms with Crippen molar-refractivity contribution in [2.24, 2.45) is 11.7 Å². The maximum atomic E-state index is 6.22. The lowest BCUT2D eigenvalue weighted by Gasteiger charge is -2.27. The Balaban J connectivity index is 2.41. The number of nitrogens with two attached hydrogens (primary N) is 1. The van der Waals surface area contributed by atoms with Crippen LogP contribution in [-0.2, 0) is 9.47 Å². The lowest BCUT2D eigenvalue weighted by molar-refractivity contribution is -0.0835. The smallest absolute Gasteiger partial charge is 0.146 e. The van der Waals surface area contributed by atoms with E-state index in [0.717, 1.165) is 6.42 Å². The number of hydrogen-bond acceptors (Lipinski definition) is 3. The monoisotopic (exact) mass is 213 g/mol. The minimum atomic E-state index is 0.0607. The predicted molar refractivity (Wildman–Crippen MR) is 61.5 cm³/mol. The molecule has 1 aliphatic rings. The van der Waals surface area contributed by atoms with Crippen molar-refractivity contribution < 1.29 is 9.47 Å². The second-order valence-corrected chi connectivity index (χ2v) is 4.26. The Bertz CT molecular complexity index is 178. The highest BCUT2D eigenvalue weighted by molar-refractivity contribution is 4.87. The molecule has 2 atom stereocenters. The molecule has 0 aromatic heterocycles. The molecule has 0 aromatic rings. The quantitative estimate of drug-likeness (QED) is 0.520. The van der Waals surface area contributed by atoms with E-state index in [4.69, 9.17) is 15.2 Å². The van der Waals surface area contributed by atoms with Gasteiger partial charge in [-0.1, -0.05) is 18.9 Å². The lowest BCUT2D eigenvalue weighted by atomic mass is 9.92. The number of rotatable bonds is 7. The van der Waals surface area contributed by atoms with Crippen LogP contribution < -0.4 is 5.73 Å². The zero-order chi connectivity index (χ0) is 11.1. The first-order valence-corrected chi connectivity index (χ1v) is 5.76. The molecule has 88 valence electrons. The summed E-state index contributed by atoms with van der Waals surface area (Å²) < 4.78 is 10.5. The molecule has 0 aromatic carbocycles. The minimum absolute atomic E-state index is 0.0607. The Morgan fingerprint density at radius 2 is 2.13 bits per heavy atom. The van der Waals surface area contributed by atoms with Crippen molar-refractivity contribution in [2.45, 2.75) is 44.2 Å². The third-order valence-electron chi connectivity index (χ3n) is 3.17. The second kappa shape index (κ2) is 6.99. The SMILES string of the molecule is C=CC[C@H](OCOC)[C@@H](N)C1CCCC1. The largest absolute Gasteiger partial charge is 0.359 e. The van der Waals surface area contributed by atoms with Crippen LogP contribution in [0.4, 0.5) is 0 Å². The Morgan fingerprint density at radius 1 is 1.47 bits per heavy atom. The van der Waals surface area contributed by atoms with E-state index in [1.807, 2.05) is 6.08 Å². The lowest BCUT2D eigenvalue weighted by Crippen LogP contribution is -2.42. The molecule has 15 heavy (non-hydrogen) atoms. The molecule has 1 rings (SSSR count). The normalized spacial score (nSPS) is 21.5. The summed E-state index contributed by atoms with van der Waals surface area (Å²) in [6.45, 7) is 4.06. The molecule has 1 fully saturated rings. The molecule has 1 saturated carbocycles. The van der Waals surface area contributed by atoms with Gasteiger partial charge in [0.25, 0.3) is 0 Å². The molecule has 0 aliphatic heterocycles. The van der Waals surface area contributed by atoms with Gasteiger partial charge in [-0.05, 0) is 25.2 Å². The van der Waals surface area contributed by atoms with E-state index in [1.54, 1.807) is 7.11 Å². The zero-order valence-corrected chi connectivity index (χ0v) is 9.65. The molecular weight excluding hydrogens is 190 g/mol. The first-order chi connectivity index (χ1) is 7.29. The summed E-state index contributed by atoms with van der Waals surface area (Å²) in [5.41, 5.74) is 6.22. The van der Waals surface area contributed by atoms with Crippen LogP contribution in [0.1, 0.15) is 32.1 Å². The molecule has 3 heteroatoms. The topological polar surface area (TPSA) is 44.5 Å². The number of methoxy groups -OCH3 is 1. The van der Waals surface area contributed by atoms with Gasteiger partial charge in [0.15, 0.2) is 0 Å². The standard InChI is InChI=1S/C12H23NO2/c1-3-6-11(15-9-14-2)12(13)10-7-4-5-8-10/h3,10-12H,1,4-9,13H2,2H3/t11-,12-/m0/s1. The minimum Gasteiger partial charge on any atom is -0.359 e. The molecule has 3 nitrogen and oxygen atoms in total. The predicted octanol–water partition coefficient (Wildman–Crippen LogP) is 2.07. The third kappa shape index (κ3) is 3.93. The molecule has 0 radical (unpaired) electrons. The molecule has 0 spiro atoms. The fraction of sp³-hybridized carbons (Fsp3) is 0.833. The Kier molecular flexibility index (Phi) is 5.91. The van der Waals surface area contributed by atoms with E-state index in [2.05, 4.69) is 6.58 Å². The van der Waals surface area contributed by atoms with Crippen LogP contribution in [0.25, 0.3) is 0 Å². The molecule has 0 unspecified atom stereocenters. The summed E-state index contributed by atoms with van der Waals surface area (Å²) >= 11 is 0. The van der Waals surface area contributed by atoms with Crippen molar-refractivity contribution in [2.75, 3.05) is 13.9 Å². The zero-order valence-electron chi connectivity index (χ0n) is 9.65. The van der Waals surface area contributed by atoms with E-state index in [-0.39, 0.29) is 12.1 Å². The van der Waals surface area contributed by atoms with Gasteiger partial charge in [0, 0.05) is 13.2 Å². The number of hydrogen-bond donors (Lipinski definition) is 1. The molecule has 0 bridgehead atoms. The summed E-state index contributed by atoms with van der Waals surface area (Å²) in [5.74, 6) is 0.617. The molecule has 0 saturated heterocycles. The Morgan fingerprint density at radius 3 is 2.67 bits per heavy atom. The van der Waals surface area contributed by atoms with Gasteiger partial charge in [-0.3, -0.25) is 0 Å². The number of ether oxygens (including phenoxy) is 2. The molecule has 1 aliphatic carbocycles. The second-order valence-electron chi connectivity index (χ2n) is 4.26. The summed E-state index contributed by atoms with van der Waals surface area (Å²) in [5, 5.41) is 0. The van der Waals surface area contributed by atoms with Crippen molar-refractivity contribution in [3.63, 3.8) is 0 Å². The van der Waals surface area contributed by atoms with E-state index >= 15 is 0 Å². The fourth-order valence-corrected chi connectivity index (χ4v) is 2.30. The van der Waals surface area contributed by atoms with Crippen molar-refractivity contribution in [3.8, 4) is 0 Å². The van der Waals surface area contributed by atoms with Crippen LogP contribution in [-0.4, -0.2) is 26.0 Å². The molecule has 0 heterocycles. The third-order valence-corrected chi connectivity index (χ3v) is 3.17. The molecular formula is C12H23NO2. The summed E-state index contributed by atoms with van der Waals surface area (Å²) in [6.07, 6.45) is 7.84. The van der Waals surface area contributed by atoms with Crippen LogP contribution in [0.15, 0.2) is 12.7 Å². The van der Waals surface area contributed by atoms with Gasteiger partial charge in [-0.15, -0.1) is 6.58 Å². The van der Waals surface area contributed by atoms with Gasteiger partial charge in [-0.25, -0.2) is 0 Å². The average molecular weight is 213 g/mol. The summed E-state index contributed by atoms with van der Waals surface area (Å²) in [7, 11) is 1.63. The van der Waals surface area contributed by atoms with Crippen LogP contribution in [0.3, 0.4) is 0 Å². The van der Waals surface area contributed by atoms with Crippen LogP contribution in [0.5, 0.6) is 0 Å². The highest BCUT2D eigenvalue weighted by Crippen LogP contribution is 2.29. The van der Waals surface area contributed by atoms with Crippen molar-refractivity contribution in [1.82, 2.24) is 0 Å². The molecule has 2 N–H and O–H groups in total. The van der Waals surface area contributed by atoms with Crippen LogP contribution >= 0.6 is 0 Å². The van der Waals surface area contributed by atoms with Crippen molar-refractivity contribution in [1.29, 1.82) is 0 Å². The molecule has 0 amide bonds. The highest BCUT2D eigenvalue weighted by Gasteiger charge is 2.28. The van der Waals surface area contributed by atoms with Crippen LogP contribution in [0.2, 0.25) is 0 Å².